The van der Waals surface area contributed by atoms with Crippen molar-refractivity contribution in [1.82, 2.24) is 10.2 Å². The minimum atomic E-state index is -2.62. The number of carbonyl (C=O) groups is 2. The molecule has 0 bridgehead atoms. The average molecular weight is 373 g/mol. The second-order valence-electron chi connectivity index (χ2n) is 5.76. The van der Waals surface area contributed by atoms with E-state index in [0.29, 0.717) is 39.1 Å². The maximum atomic E-state index is 12.0. The minimum Gasteiger partial charge on any atom is -0.368 e. The number of nitrogens with zero attached hydrogens (tertiary/aromatic N) is 1. The van der Waals surface area contributed by atoms with Gasteiger partial charge in [0, 0.05) is 24.1 Å². The van der Waals surface area contributed by atoms with E-state index in [9.17, 15) is 14.2 Å². The van der Waals surface area contributed by atoms with Crippen molar-refractivity contribution in [3.05, 3.63) is 0 Å². The minimum absolute atomic E-state index is 0.0361. The molecule has 0 aliphatic carbocycles. The van der Waals surface area contributed by atoms with Crippen molar-refractivity contribution in [3.8, 4) is 12.3 Å². The van der Waals surface area contributed by atoms with Crippen molar-refractivity contribution in [2.24, 2.45) is 0 Å². The first kappa shape index (κ1) is 21.5. The van der Waals surface area contributed by atoms with Gasteiger partial charge in [0.2, 0.25) is 11.8 Å². The second-order valence-corrected chi connectivity index (χ2v) is 6.45. The fourth-order valence-corrected chi connectivity index (χ4v) is 2.94. The molecule has 140 valence electrons. The monoisotopic (exact) mass is 373 g/mol. The molecule has 1 rings (SSSR count). The van der Waals surface area contributed by atoms with Crippen LogP contribution >= 0.6 is 8.25 Å². The van der Waals surface area contributed by atoms with Gasteiger partial charge in [-0.3, -0.25) is 9.59 Å². The summed E-state index contributed by atoms with van der Waals surface area (Å²) >= 11 is 0. The maximum absolute atomic E-state index is 12.0. The van der Waals surface area contributed by atoms with Crippen LogP contribution in [-0.2, 0) is 23.4 Å². The molecule has 25 heavy (non-hydrogen) atoms. The number of hydrogen-bond donors (Lipinski definition) is 2. The van der Waals surface area contributed by atoms with Crippen LogP contribution in [0.5, 0.6) is 0 Å². The molecule has 0 spiro atoms. The van der Waals surface area contributed by atoms with Crippen LogP contribution < -0.4 is 5.32 Å². The third-order valence-corrected chi connectivity index (χ3v) is 4.26. The van der Waals surface area contributed by atoms with Gasteiger partial charge >= 0.3 is 8.25 Å². The zero-order valence-electron chi connectivity index (χ0n) is 14.3. The van der Waals surface area contributed by atoms with Crippen molar-refractivity contribution in [1.29, 1.82) is 0 Å². The van der Waals surface area contributed by atoms with Crippen LogP contribution in [0.15, 0.2) is 0 Å². The van der Waals surface area contributed by atoms with Gasteiger partial charge < -0.3 is 15.0 Å². The lowest BCUT2D eigenvalue weighted by molar-refractivity contribution is -0.130. The van der Waals surface area contributed by atoms with E-state index in [-0.39, 0.29) is 30.9 Å². The van der Waals surface area contributed by atoms with Crippen LogP contribution in [0.4, 0.5) is 0 Å². The van der Waals surface area contributed by atoms with E-state index in [4.69, 9.17) is 20.6 Å². The predicted molar refractivity (Wildman–Crippen MR) is 91.6 cm³/mol. The van der Waals surface area contributed by atoms with Crippen molar-refractivity contribution in [2.45, 2.75) is 44.6 Å². The van der Waals surface area contributed by atoms with Crippen molar-refractivity contribution >= 4 is 20.1 Å². The van der Waals surface area contributed by atoms with Crippen LogP contribution in [0.1, 0.15) is 38.5 Å². The maximum Gasteiger partial charge on any atom is 0.695 e. The summed E-state index contributed by atoms with van der Waals surface area (Å²) in [6.07, 6.45) is 8.39. The highest BCUT2D eigenvalue weighted by molar-refractivity contribution is 7.32. The van der Waals surface area contributed by atoms with E-state index < -0.39 is 8.25 Å². The lowest BCUT2D eigenvalue weighted by Crippen LogP contribution is -2.29. The molecule has 0 radical (unpaired) electrons. The number of likely N-dealkylation sites (tertiary alicyclic amines) is 1. The summed E-state index contributed by atoms with van der Waals surface area (Å²) in [6.45, 7) is 2.03. The van der Waals surface area contributed by atoms with Crippen molar-refractivity contribution in [3.63, 3.8) is 0 Å². The van der Waals surface area contributed by atoms with Crippen LogP contribution in [0.3, 0.4) is 0 Å². The van der Waals surface area contributed by atoms with Gasteiger partial charge in [-0.1, -0.05) is 12.3 Å². The molecule has 2 atom stereocenters. The third kappa shape index (κ3) is 10.1. The van der Waals surface area contributed by atoms with Gasteiger partial charge in [-0.15, -0.1) is 15.8 Å². The zero-order chi connectivity index (χ0) is 18.5. The van der Waals surface area contributed by atoms with Gasteiger partial charge in [-0.25, -0.2) is 0 Å². The molecule has 2 amide bonds. The normalized spacial score (nSPS) is 17.2. The van der Waals surface area contributed by atoms with Gasteiger partial charge in [0.15, 0.2) is 0 Å². The van der Waals surface area contributed by atoms with Gasteiger partial charge in [-0.05, 0) is 19.3 Å². The Labute approximate surface area is 149 Å². The van der Waals surface area contributed by atoms with Gasteiger partial charge in [-0.2, -0.15) is 0 Å². The van der Waals surface area contributed by atoms with E-state index in [1.54, 1.807) is 4.90 Å². The number of ether oxygens (including phenoxy) is 1. The summed E-state index contributed by atoms with van der Waals surface area (Å²) in [4.78, 5) is 33.9. The third-order valence-electron chi connectivity index (χ3n) is 3.79. The van der Waals surface area contributed by atoms with Gasteiger partial charge in [0.25, 0.3) is 0 Å². The quantitative estimate of drug-likeness (QED) is 0.300. The molecular weight excluding hydrogens is 347 g/mol. The average Bonchev–Trinajstić information content (AvgIpc) is 3.02. The Bertz CT molecular complexity index is 494. The molecule has 0 aromatic rings. The molecule has 9 heteroatoms. The summed E-state index contributed by atoms with van der Waals surface area (Å²) in [5.41, 5.74) is 0. The molecule has 1 aliphatic heterocycles. The van der Waals surface area contributed by atoms with Gasteiger partial charge in [0.05, 0.1) is 19.6 Å². The van der Waals surface area contributed by atoms with E-state index in [0.717, 1.165) is 19.3 Å². The van der Waals surface area contributed by atoms with E-state index in [2.05, 4.69) is 11.2 Å². The molecule has 1 unspecified atom stereocenters. The summed E-state index contributed by atoms with van der Waals surface area (Å²) in [5, 5.41) is 2.79. The standard InChI is InChI=1S/C16H25N2O6P/c1-2-11-23-12-8-15(19)17-9-5-3-4-6-16(20)18-10-7-14(13-18)24-25(21)22/h1,14H,3-13H2,(H-,17,19,21,22)/p+1/t14-/m0/s1. The molecule has 0 aromatic carbocycles. The molecular formula is C16H26N2O6P+. The predicted octanol–water partition coefficient (Wildman–Crippen LogP) is 0.970. The van der Waals surface area contributed by atoms with E-state index >= 15 is 0 Å². The molecule has 1 aliphatic rings. The van der Waals surface area contributed by atoms with Gasteiger partial charge in [0.1, 0.15) is 12.7 Å². The van der Waals surface area contributed by atoms with Crippen LogP contribution in [0.25, 0.3) is 0 Å². The number of carbonyl (C=O) groups excluding carboxylic acids is 2. The molecule has 0 saturated carbocycles. The lowest BCUT2D eigenvalue weighted by atomic mass is 10.2. The number of nitrogens with one attached hydrogen (secondary N) is 1. The molecule has 0 aromatic heterocycles. The highest BCUT2D eigenvalue weighted by atomic mass is 31.1. The second kappa shape index (κ2) is 12.8. The highest BCUT2D eigenvalue weighted by Gasteiger charge is 2.32. The fraction of sp³-hybridized carbons (Fsp3) is 0.750. The smallest absolute Gasteiger partial charge is 0.368 e. The summed E-state index contributed by atoms with van der Waals surface area (Å²) in [6, 6.07) is 0. The molecule has 2 N–H and O–H groups in total. The van der Waals surface area contributed by atoms with Crippen LogP contribution in [0.2, 0.25) is 0 Å². The fourth-order valence-electron chi connectivity index (χ4n) is 2.52. The van der Waals surface area contributed by atoms with Crippen LogP contribution in [-0.4, -0.2) is 60.6 Å². The molecule has 1 saturated heterocycles. The Hall–Kier alpha value is -1.52. The largest absolute Gasteiger partial charge is 0.695 e. The number of unbranched alkanes of at least 4 members (excludes halogenated alkanes) is 2. The topological polar surface area (TPSA) is 105 Å². The Kier molecular flexibility index (Phi) is 11.0. The zero-order valence-corrected chi connectivity index (χ0v) is 15.2. The molecule has 1 heterocycles. The lowest BCUT2D eigenvalue weighted by Gasteiger charge is -2.15. The van der Waals surface area contributed by atoms with Crippen molar-refractivity contribution < 1.29 is 28.3 Å². The number of rotatable bonds is 12. The first-order chi connectivity index (χ1) is 12.0. The summed E-state index contributed by atoms with van der Waals surface area (Å²) in [5.74, 6) is 2.30. The number of terminal acetylenes is 1. The van der Waals surface area contributed by atoms with Crippen LogP contribution in [0, 0.1) is 12.3 Å². The number of hydrogen-bond acceptors (Lipinski definition) is 5. The Morgan fingerprint density at radius 3 is 2.84 bits per heavy atom. The first-order valence-electron chi connectivity index (χ1n) is 8.41. The summed E-state index contributed by atoms with van der Waals surface area (Å²) < 4.78 is 20.5. The molecule has 1 fully saturated rings. The SMILES string of the molecule is C#CCOCCC(=O)NCCCCCC(=O)N1CC[C@H](O[P+](=O)O)C1. The first-order valence-corrected chi connectivity index (χ1v) is 9.54. The summed E-state index contributed by atoms with van der Waals surface area (Å²) in [7, 11) is -2.62. The van der Waals surface area contributed by atoms with E-state index in [1.165, 1.54) is 0 Å². The Morgan fingerprint density at radius 1 is 1.32 bits per heavy atom. The van der Waals surface area contributed by atoms with Crippen molar-refractivity contribution in [2.75, 3.05) is 32.8 Å². The Morgan fingerprint density at radius 2 is 2.12 bits per heavy atom. The highest BCUT2D eigenvalue weighted by Crippen LogP contribution is 2.24. The number of amides is 2. The Balaban J connectivity index is 1.99. The molecule has 8 nitrogen and oxygen atoms in total. The van der Waals surface area contributed by atoms with E-state index in [1.807, 2.05) is 0 Å².